The van der Waals surface area contributed by atoms with Gasteiger partial charge in [-0.1, -0.05) is 12.1 Å². The van der Waals surface area contributed by atoms with Crippen LogP contribution in [-0.4, -0.2) is 31.3 Å². The number of ether oxygens (including phenoxy) is 2. The highest BCUT2D eigenvalue weighted by Crippen LogP contribution is 2.24. The van der Waals surface area contributed by atoms with Gasteiger partial charge in [0, 0.05) is 11.3 Å². The highest BCUT2D eigenvalue weighted by Gasteiger charge is 2.13. The molecule has 0 heterocycles. The molecule has 0 saturated heterocycles. The first-order valence-electron chi connectivity index (χ1n) is 9.65. The fourth-order valence-electron chi connectivity index (χ4n) is 2.89. The van der Waals surface area contributed by atoms with Gasteiger partial charge in [-0.15, -0.1) is 0 Å². The SMILES string of the molecule is COc1ccccc1NC(=O)c1ccc(NC(=O)COc2ccc(F)cc2C(C)=O)cc1. The van der Waals surface area contributed by atoms with Crippen LogP contribution in [0.1, 0.15) is 27.6 Å². The Morgan fingerprint density at radius 3 is 2.31 bits per heavy atom. The lowest BCUT2D eigenvalue weighted by Gasteiger charge is -2.11. The molecule has 0 saturated carbocycles. The third-order valence-electron chi connectivity index (χ3n) is 4.47. The Morgan fingerprint density at radius 1 is 0.906 bits per heavy atom. The van der Waals surface area contributed by atoms with Crippen molar-refractivity contribution in [3.8, 4) is 11.5 Å². The molecule has 3 aromatic carbocycles. The number of rotatable bonds is 8. The minimum Gasteiger partial charge on any atom is -0.495 e. The molecule has 2 N–H and O–H groups in total. The van der Waals surface area contributed by atoms with Crippen molar-refractivity contribution in [2.75, 3.05) is 24.4 Å². The van der Waals surface area contributed by atoms with E-state index in [-0.39, 0.29) is 29.6 Å². The van der Waals surface area contributed by atoms with Crippen molar-refractivity contribution in [1.29, 1.82) is 0 Å². The van der Waals surface area contributed by atoms with Crippen molar-refractivity contribution in [3.05, 3.63) is 83.7 Å². The van der Waals surface area contributed by atoms with Crippen LogP contribution in [0.5, 0.6) is 11.5 Å². The van der Waals surface area contributed by atoms with Crippen LogP contribution in [0.3, 0.4) is 0 Å². The molecule has 0 atom stereocenters. The number of methoxy groups -OCH3 is 1. The summed E-state index contributed by atoms with van der Waals surface area (Å²) in [6.07, 6.45) is 0. The molecule has 0 bridgehead atoms. The number of halogens is 1. The predicted molar refractivity (Wildman–Crippen MR) is 118 cm³/mol. The number of amides is 2. The Labute approximate surface area is 184 Å². The number of carbonyl (C=O) groups excluding carboxylic acids is 3. The summed E-state index contributed by atoms with van der Waals surface area (Å²) < 4.78 is 23.9. The Hall–Kier alpha value is -4.20. The summed E-state index contributed by atoms with van der Waals surface area (Å²) in [7, 11) is 1.52. The van der Waals surface area contributed by atoms with Gasteiger partial charge in [-0.05, 0) is 61.5 Å². The number of anilines is 2. The first-order chi connectivity index (χ1) is 15.4. The number of para-hydroxylation sites is 2. The van der Waals surface area contributed by atoms with Crippen molar-refractivity contribution in [2.45, 2.75) is 6.92 Å². The van der Waals surface area contributed by atoms with E-state index in [4.69, 9.17) is 9.47 Å². The van der Waals surface area contributed by atoms with Gasteiger partial charge in [-0.3, -0.25) is 14.4 Å². The fourth-order valence-corrected chi connectivity index (χ4v) is 2.89. The third kappa shape index (κ3) is 5.69. The van der Waals surface area contributed by atoms with E-state index in [9.17, 15) is 18.8 Å². The van der Waals surface area contributed by atoms with Crippen LogP contribution in [0.2, 0.25) is 0 Å². The van der Waals surface area contributed by atoms with Crippen molar-refractivity contribution < 1.29 is 28.2 Å². The van der Waals surface area contributed by atoms with Crippen LogP contribution in [0, 0.1) is 5.82 Å². The number of nitrogens with one attached hydrogen (secondary N) is 2. The minimum absolute atomic E-state index is 0.0585. The first-order valence-corrected chi connectivity index (χ1v) is 9.65. The lowest BCUT2D eigenvalue weighted by atomic mass is 10.1. The Kier molecular flexibility index (Phi) is 7.17. The molecule has 7 nitrogen and oxygen atoms in total. The second-order valence-corrected chi connectivity index (χ2v) is 6.77. The van der Waals surface area contributed by atoms with Gasteiger partial charge < -0.3 is 20.1 Å². The van der Waals surface area contributed by atoms with Crippen molar-refractivity contribution in [3.63, 3.8) is 0 Å². The number of hydrogen-bond donors (Lipinski definition) is 2. The van der Waals surface area contributed by atoms with Crippen LogP contribution < -0.4 is 20.1 Å². The Bertz CT molecular complexity index is 1150. The molecule has 0 spiro atoms. The molecule has 164 valence electrons. The minimum atomic E-state index is -0.568. The maximum absolute atomic E-state index is 13.3. The summed E-state index contributed by atoms with van der Waals surface area (Å²) in [6, 6.07) is 16.8. The van der Waals surface area contributed by atoms with E-state index in [1.54, 1.807) is 48.5 Å². The molecule has 0 aliphatic carbocycles. The second-order valence-electron chi connectivity index (χ2n) is 6.77. The lowest BCUT2D eigenvalue weighted by Crippen LogP contribution is -2.21. The summed E-state index contributed by atoms with van der Waals surface area (Å²) in [6.45, 7) is 0.912. The molecule has 0 aliphatic rings. The second kappa shape index (κ2) is 10.2. The zero-order chi connectivity index (χ0) is 23.1. The molecular weight excluding hydrogens is 415 g/mol. The van der Waals surface area contributed by atoms with E-state index < -0.39 is 11.7 Å². The number of hydrogen-bond acceptors (Lipinski definition) is 5. The summed E-state index contributed by atoms with van der Waals surface area (Å²) >= 11 is 0. The number of benzene rings is 3. The van der Waals surface area contributed by atoms with E-state index in [0.717, 1.165) is 12.1 Å². The molecule has 0 aromatic heterocycles. The monoisotopic (exact) mass is 436 g/mol. The van der Waals surface area contributed by atoms with Gasteiger partial charge in [0.1, 0.15) is 17.3 Å². The van der Waals surface area contributed by atoms with Gasteiger partial charge in [0.25, 0.3) is 11.8 Å². The fraction of sp³-hybridized carbons (Fsp3) is 0.125. The summed E-state index contributed by atoms with van der Waals surface area (Å²) in [5.74, 6) is -1.08. The summed E-state index contributed by atoms with van der Waals surface area (Å²) in [5.41, 5.74) is 1.45. The maximum atomic E-state index is 13.3. The number of ketones is 1. The smallest absolute Gasteiger partial charge is 0.262 e. The average Bonchev–Trinajstić information content (AvgIpc) is 2.79. The Balaban J connectivity index is 1.58. The van der Waals surface area contributed by atoms with Crippen LogP contribution in [0.25, 0.3) is 0 Å². The zero-order valence-electron chi connectivity index (χ0n) is 17.5. The van der Waals surface area contributed by atoms with E-state index >= 15 is 0 Å². The molecule has 3 aromatic rings. The van der Waals surface area contributed by atoms with Crippen LogP contribution in [0.15, 0.2) is 66.7 Å². The topological polar surface area (TPSA) is 93.7 Å². The van der Waals surface area contributed by atoms with Crippen molar-refractivity contribution in [2.24, 2.45) is 0 Å². The number of Topliss-reactive ketones (excluding diaryl/α,β-unsaturated/α-hetero) is 1. The largest absolute Gasteiger partial charge is 0.495 e. The molecule has 3 rings (SSSR count). The normalized spacial score (nSPS) is 10.2. The van der Waals surface area contributed by atoms with Crippen LogP contribution >= 0.6 is 0 Å². The quantitative estimate of drug-likeness (QED) is 0.514. The van der Waals surface area contributed by atoms with Gasteiger partial charge >= 0.3 is 0 Å². The lowest BCUT2D eigenvalue weighted by molar-refractivity contribution is -0.118. The number of carbonyl (C=O) groups is 3. The van der Waals surface area contributed by atoms with Crippen LogP contribution in [-0.2, 0) is 4.79 Å². The first kappa shape index (κ1) is 22.5. The molecule has 0 unspecified atom stereocenters. The predicted octanol–water partition coefficient (Wildman–Crippen LogP) is 4.31. The molecular formula is C24H21FN2O5. The highest BCUT2D eigenvalue weighted by molar-refractivity contribution is 6.05. The molecule has 0 aliphatic heterocycles. The molecule has 32 heavy (non-hydrogen) atoms. The van der Waals surface area contributed by atoms with E-state index in [2.05, 4.69) is 10.6 Å². The van der Waals surface area contributed by atoms with Crippen LogP contribution in [0.4, 0.5) is 15.8 Å². The van der Waals surface area contributed by atoms with E-state index in [1.807, 2.05) is 0 Å². The summed E-state index contributed by atoms with van der Waals surface area (Å²) in [4.78, 5) is 36.2. The summed E-state index contributed by atoms with van der Waals surface area (Å²) in [5, 5.41) is 5.40. The third-order valence-corrected chi connectivity index (χ3v) is 4.47. The standard InChI is InChI=1S/C24H21FN2O5/c1-15(28)19-13-17(25)9-12-21(19)32-14-23(29)26-18-10-7-16(8-11-18)24(30)27-20-5-3-4-6-22(20)31-2/h3-13H,14H2,1-2H3,(H,26,29)(H,27,30). The van der Waals surface area contributed by atoms with Crippen molar-refractivity contribution in [1.82, 2.24) is 0 Å². The van der Waals surface area contributed by atoms with Gasteiger partial charge in [0.2, 0.25) is 0 Å². The van der Waals surface area contributed by atoms with Gasteiger partial charge in [0.15, 0.2) is 12.4 Å². The molecule has 8 heteroatoms. The van der Waals surface area contributed by atoms with Crippen molar-refractivity contribution >= 4 is 29.0 Å². The highest BCUT2D eigenvalue weighted by atomic mass is 19.1. The van der Waals surface area contributed by atoms with E-state index in [1.165, 1.54) is 20.1 Å². The molecule has 0 fully saturated rings. The van der Waals surface area contributed by atoms with Gasteiger partial charge in [-0.25, -0.2) is 4.39 Å². The van der Waals surface area contributed by atoms with E-state index in [0.29, 0.717) is 22.7 Å². The average molecular weight is 436 g/mol. The maximum Gasteiger partial charge on any atom is 0.262 e. The molecule has 2 amide bonds. The Morgan fingerprint density at radius 2 is 1.62 bits per heavy atom. The van der Waals surface area contributed by atoms with Gasteiger partial charge in [0.05, 0.1) is 18.4 Å². The zero-order valence-corrected chi connectivity index (χ0v) is 17.5. The molecule has 0 radical (unpaired) electrons. The van der Waals surface area contributed by atoms with Gasteiger partial charge in [-0.2, -0.15) is 0 Å².